The molecule has 0 spiro atoms. The Balaban J connectivity index is 2.04. The van der Waals surface area contributed by atoms with Crippen LogP contribution in [-0.2, 0) is 0 Å². The highest BCUT2D eigenvalue weighted by Gasteiger charge is 2.31. The Hall–Kier alpha value is -1.43. The highest BCUT2D eigenvalue weighted by Crippen LogP contribution is 2.28. The average Bonchev–Trinajstić information content (AvgIpc) is 2.37. The van der Waals surface area contributed by atoms with Crippen molar-refractivity contribution >= 4 is 5.69 Å². The fraction of sp³-hybridized carbons (Fsp3) is 0.600. The van der Waals surface area contributed by atoms with Gasteiger partial charge < -0.3 is 14.5 Å². The topological polar surface area (TPSA) is 15.7 Å². The second kappa shape index (κ2) is 6.13. The maximum Gasteiger partial charge on any atom is 0.573 e. The molecule has 0 bridgehead atoms. The molecule has 6 heteroatoms. The molecule has 2 atom stereocenters. The second-order valence-corrected chi connectivity index (χ2v) is 5.75. The molecule has 3 nitrogen and oxygen atoms in total. The molecular weight excluding hydrogens is 281 g/mol. The van der Waals surface area contributed by atoms with Gasteiger partial charge in [-0.3, -0.25) is 0 Å². The van der Waals surface area contributed by atoms with Crippen LogP contribution < -0.4 is 9.64 Å². The Bertz CT molecular complexity index is 461. The van der Waals surface area contributed by atoms with Crippen molar-refractivity contribution in [2.24, 2.45) is 5.92 Å². The Morgan fingerprint density at radius 1 is 1.24 bits per heavy atom. The lowest BCUT2D eigenvalue weighted by Crippen LogP contribution is -2.47. The highest BCUT2D eigenvalue weighted by atomic mass is 19.4. The van der Waals surface area contributed by atoms with Crippen molar-refractivity contribution in [3.05, 3.63) is 24.3 Å². The van der Waals surface area contributed by atoms with Crippen molar-refractivity contribution in [2.45, 2.75) is 25.7 Å². The maximum absolute atomic E-state index is 12.1. The van der Waals surface area contributed by atoms with Gasteiger partial charge in [0.05, 0.1) is 0 Å². The number of rotatable bonds is 3. The Labute approximate surface area is 123 Å². The summed E-state index contributed by atoms with van der Waals surface area (Å²) in [7, 11) is 4.10. The van der Waals surface area contributed by atoms with E-state index in [9.17, 15) is 13.2 Å². The maximum atomic E-state index is 12.1. The minimum atomic E-state index is -4.64. The summed E-state index contributed by atoms with van der Waals surface area (Å²) in [5.74, 6) is 0.330. The third-order valence-electron chi connectivity index (χ3n) is 4.04. The Morgan fingerprint density at radius 3 is 2.38 bits per heavy atom. The van der Waals surface area contributed by atoms with Crippen molar-refractivity contribution in [1.29, 1.82) is 0 Å². The van der Waals surface area contributed by atoms with Gasteiger partial charge in [-0.2, -0.15) is 0 Å². The van der Waals surface area contributed by atoms with Gasteiger partial charge in [0.1, 0.15) is 5.75 Å². The van der Waals surface area contributed by atoms with Crippen LogP contribution >= 0.6 is 0 Å². The van der Waals surface area contributed by atoms with Crippen LogP contribution in [0, 0.1) is 5.92 Å². The fourth-order valence-corrected chi connectivity index (χ4v) is 2.99. The van der Waals surface area contributed by atoms with Crippen LogP contribution in [0.25, 0.3) is 0 Å². The molecule has 0 N–H and O–H groups in total. The molecule has 1 aromatic rings. The fourth-order valence-electron chi connectivity index (χ4n) is 2.99. The van der Waals surface area contributed by atoms with E-state index in [-0.39, 0.29) is 5.75 Å². The van der Waals surface area contributed by atoms with Crippen molar-refractivity contribution in [3.63, 3.8) is 0 Å². The summed E-state index contributed by atoms with van der Waals surface area (Å²) in [6, 6.07) is 6.46. The Kier molecular flexibility index (Phi) is 4.66. The molecule has 0 saturated carbocycles. The number of likely N-dealkylation sites (tertiary alicyclic amines) is 1. The van der Waals surface area contributed by atoms with E-state index >= 15 is 0 Å². The van der Waals surface area contributed by atoms with Gasteiger partial charge in [0.25, 0.3) is 0 Å². The summed E-state index contributed by atoms with van der Waals surface area (Å²) in [6.45, 7) is 4.27. The van der Waals surface area contributed by atoms with Crippen LogP contribution in [0.5, 0.6) is 5.75 Å². The van der Waals surface area contributed by atoms with Gasteiger partial charge >= 0.3 is 6.36 Å². The molecule has 1 aromatic carbocycles. The predicted octanol–water partition coefficient (Wildman–Crippen LogP) is 3.36. The number of hydrogen-bond acceptors (Lipinski definition) is 3. The van der Waals surface area contributed by atoms with Crippen LogP contribution in [0.3, 0.4) is 0 Å². The molecule has 0 radical (unpaired) electrons. The number of benzene rings is 1. The molecule has 0 amide bonds. The summed E-state index contributed by atoms with van der Waals surface area (Å²) in [5.41, 5.74) is 0.908. The molecule has 118 valence electrons. The average molecular weight is 302 g/mol. The highest BCUT2D eigenvalue weighted by molar-refractivity contribution is 5.49. The summed E-state index contributed by atoms with van der Waals surface area (Å²) < 4.78 is 40.3. The zero-order chi connectivity index (χ0) is 15.6. The van der Waals surface area contributed by atoms with E-state index in [1.165, 1.54) is 12.1 Å². The summed E-state index contributed by atoms with van der Waals surface area (Å²) >= 11 is 0. The molecule has 21 heavy (non-hydrogen) atoms. The second-order valence-electron chi connectivity index (χ2n) is 5.75. The number of ether oxygens (including phenoxy) is 1. The van der Waals surface area contributed by atoms with Crippen LogP contribution in [0.15, 0.2) is 24.3 Å². The minimum absolute atomic E-state index is 0.184. The predicted molar refractivity (Wildman–Crippen MR) is 76.6 cm³/mol. The zero-order valence-electron chi connectivity index (χ0n) is 12.5. The van der Waals surface area contributed by atoms with Crippen molar-refractivity contribution in [1.82, 2.24) is 4.90 Å². The third-order valence-corrected chi connectivity index (χ3v) is 4.04. The van der Waals surface area contributed by atoms with Gasteiger partial charge in [-0.25, -0.2) is 0 Å². The number of nitrogens with zero attached hydrogens (tertiary/aromatic N) is 2. The van der Waals surface area contributed by atoms with E-state index in [4.69, 9.17) is 0 Å². The molecule has 1 saturated heterocycles. The van der Waals surface area contributed by atoms with Crippen molar-refractivity contribution in [2.75, 3.05) is 32.1 Å². The van der Waals surface area contributed by atoms with Gasteiger partial charge in [-0.05, 0) is 50.2 Å². The van der Waals surface area contributed by atoms with Crippen LogP contribution in [0.2, 0.25) is 0 Å². The summed E-state index contributed by atoms with van der Waals surface area (Å²) in [6.07, 6.45) is -3.59. The Morgan fingerprint density at radius 2 is 1.86 bits per heavy atom. The van der Waals surface area contributed by atoms with Gasteiger partial charge in [-0.1, -0.05) is 6.92 Å². The zero-order valence-corrected chi connectivity index (χ0v) is 12.5. The lowest BCUT2D eigenvalue weighted by Gasteiger charge is -2.41. The van der Waals surface area contributed by atoms with E-state index in [1.54, 1.807) is 12.1 Å². The molecule has 1 fully saturated rings. The molecule has 0 aliphatic carbocycles. The van der Waals surface area contributed by atoms with Gasteiger partial charge in [-0.15, -0.1) is 13.2 Å². The largest absolute Gasteiger partial charge is 0.573 e. The summed E-state index contributed by atoms with van der Waals surface area (Å²) in [4.78, 5) is 4.45. The number of anilines is 1. The summed E-state index contributed by atoms with van der Waals surface area (Å²) in [5, 5.41) is 0. The quantitative estimate of drug-likeness (QED) is 0.851. The smallest absolute Gasteiger partial charge is 0.406 e. The molecule has 2 rings (SSSR count). The number of hydrogen-bond donors (Lipinski definition) is 0. The van der Waals surface area contributed by atoms with E-state index in [0.717, 1.165) is 25.2 Å². The lowest BCUT2D eigenvalue weighted by molar-refractivity contribution is -0.274. The first kappa shape index (κ1) is 15.9. The minimum Gasteiger partial charge on any atom is -0.406 e. The lowest BCUT2D eigenvalue weighted by atomic mass is 9.92. The molecule has 1 aliphatic heterocycles. The number of piperidine rings is 1. The first-order valence-corrected chi connectivity index (χ1v) is 7.03. The normalized spacial score (nSPS) is 23.9. The monoisotopic (exact) mass is 302 g/mol. The molecule has 1 heterocycles. The van der Waals surface area contributed by atoms with E-state index in [2.05, 4.69) is 28.5 Å². The van der Waals surface area contributed by atoms with Gasteiger partial charge in [0, 0.05) is 25.3 Å². The molecule has 0 unspecified atom stereocenters. The molecule has 0 aromatic heterocycles. The molecular formula is C15H21F3N2O. The van der Waals surface area contributed by atoms with Gasteiger partial charge in [0.2, 0.25) is 0 Å². The van der Waals surface area contributed by atoms with Crippen LogP contribution in [0.4, 0.5) is 18.9 Å². The SMILES string of the molecule is C[C@H]1CN(C)CC[C@@H]1N(C)c1ccc(OC(F)(F)F)cc1. The standard InChI is InChI=1S/C15H21F3N2O/c1-11-10-19(2)9-8-14(11)20(3)12-4-6-13(7-5-12)21-15(16,17)18/h4-7,11,14H,8-10H2,1-3H3/t11-,14-/m0/s1. The third kappa shape index (κ3) is 4.27. The van der Waals surface area contributed by atoms with Crippen LogP contribution in [0.1, 0.15) is 13.3 Å². The van der Waals surface area contributed by atoms with E-state index < -0.39 is 6.36 Å². The van der Waals surface area contributed by atoms with Crippen LogP contribution in [-0.4, -0.2) is 44.5 Å². The first-order chi connectivity index (χ1) is 9.76. The van der Waals surface area contributed by atoms with Gasteiger partial charge in [0.15, 0.2) is 0 Å². The van der Waals surface area contributed by atoms with E-state index in [1.807, 2.05) is 7.05 Å². The first-order valence-electron chi connectivity index (χ1n) is 7.03. The number of halogens is 3. The van der Waals surface area contributed by atoms with Crippen molar-refractivity contribution < 1.29 is 17.9 Å². The van der Waals surface area contributed by atoms with Crippen molar-refractivity contribution in [3.8, 4) is 5.75 Å². The number of alkyl halides is 3. The van der Waals surface area contributed by atoms with E-state index in [0.29, 0.717) is 12.0 Å². The molecule has 1 aliphatic rings.